The van der Waals surface area contributed by atoms with Gasteiger partial charge in [0.1, 0.15) is 0 Å². The molecule has 1 heterocycles. The first-order valence-corrected chi connectivity index (χ1v) is 9.26. The van der Waals surface area contributed by atoms with Gasteiger partial charge in [0, 0.05) is 10.9 Å². The fourth-order valence-corrected chi connectivity index (χ4v) is 3.69. The topological polar surface area (TPSA) is 35.8 Å². The Balaban J connectivity index is 2.18. The number of para-hydroxylation sites is 1. The van der Waals surface area contributed by atoms with Crippen molar-refractivity contribution in [1.82, 2.24) is 0 Å². The summed E-state index contributed by atoms with van der Waals surface area (Å²) < 4.78 is 80.7. The molecular formula is C18H12BrClF6N2O. The van der Waals surface area contributed by atoms with Crippen LogP contribution in [0.5, 0.6) is 0 Å². The van der Waals surface area contributed by atoms with Gasteiger partial charge >= 0.3 is 12.4 Å². The van der Waals surface area contributed by atoms with Gasteiger partial charge in [-0.3, -0.25) is 5.01 Å². The number of hydrogen-bond acceptors (Lipinski definition) is 3. The van der Waals surface area contributed by atoms with Crippen LogP contribution < -0.4 is 5.01 Å². The lowest BCUT2D eigenvalue weighted by Crippen LogP contribution is -2.62. The van der Waals surface area contributed by atoms with Gasteiger partial charge in [0.2, 0.25) is 0 Å². The van der Waals surface area contributed by atoms with E-state index >= 15 is 0 Å². The average molecular weight is 502 g/mol. The molecule has 0 fully saturated rings. The van der Waals surface area contributed by atoms with E-state index in [2.05, 4.69) is 21.0 Å². The zero-order chi connectivity index (χ0) is 21.6. The predicted molar refractivity (Wildman–Crippen MR) is 99.9 cm³/mol. The summed E-state index contributed by atoms with van der Waals surface area (Å²) in [6, 6.07) is 11.2. The summed E-state index contributed by atoms with van der Waals surface area (Å²) in [5.41, 5.74) is -6.03. The molecule has 1 aliphatic rings. The maximum absolute atomic E-state index is 13.4. The highest BCUT2D eigenvalue weighted by Gasteiger charge is 2.74. The quantitative estimate of drug-likeness (QED) is 0.504. The minimum absolute atomic E-state index is 0.0834. The van der Waals surface area contributed by atoms with Crippen molar-refractivity contribution in [3.05, 3.63) is 63.6 Å². The second-order valence-electron chi connectivity index (χ2n) is 6.32. The Kier molecular flexibility index (Phi) is 5.65. The summed E-state index contributed by atoms with van der Waals surface area (Å²) in [5.74, 6) is 0. The third-order valence-electron chi connectivity index (χ3n) is 4.48. The lowest BCUT2D eigenvalue weighted by Gasteiger charge is -2.32. The lowest BCUT2D eigenvalue weighted by atomic mass is 9.90. The molecule has 0 aromatic heterocycles. The summed E-state index contributed by atoms with van der Waals surface area (Å²) in [6.45, 7) is 0. The summed E-state index contributed by atoms with van der Waals surface area (Å²) in [5, 5.41) is 14.4. The first-order valence-electron chi connectivity index (χ1n) is 8.09. The monoisotopic (exact) mass is 500 g/mol. The number of hydrogen-bond donors (Lipinski definition) is 1. The standard InChI is InChI=1S/C18H12BrClF6N2O/c19-11-5-3-4-10(8-11)14-9-15(16(29,17(21,22)23)18(24,25)26)27-28(14)13-7-2-1-6-12(13)20/h1-8,14,29H,9H2. The highest BCUT2D eigenvalue weighted by molar-refractivity contribution is 9.10. The molecule has 1 atom stereocenters. The summed E-state index contributed by atoms with van der Waals surface area (Å²) in [4.78, 5) is 0. The van der Waals surface area contributed by atoms with Gasteiger partial charge in [0.25, 0.3) is 5.60 Å². The van der Waals surface area contributed by atoms with Crippen LogP contribution in [0, 0.1) is 0 Å². The molecule has 2 aromatic rings. The van der Waals surface area contributed by atoms with E-state index in [1.165, 1.54) is 24.3 Å². The Morgan fingerprint density at radius 3 is 2.17 bits per heavy atom. The molecule has 0 radical (unpaired) electrons. The average Bonchev–Trinajstić information content (AvgIpc) is 3.04. The number of alkyl halides is 6. The van der Waals surface area contributed by atoms with Crippen LogP contribution in [0.15, 0.2) is 58.1 Å². The van der Waals surface area contributed by atoms with Crippen molar-refractivity contribution in [1.29, 1.82) is 0 Å². The second-order valence-corrected chi connectivity index (χ2v) is 7.65. The van der Waals surface area contributed by atoms with Gasteiger partial charge in [0.15, 0.2) is 0 Å². The molecular weight excluding hydrogens is 490 g/mol. The molecule has 3 nitrogen and oxygen atoms in total. The molecule has 1 aliphatic heterocycles. The summed E-state index contributed by atoms with van der Waals surface area (Å²) in [6.07, 6.45) is -12.8. The fraction of sp³-hybridized carbons (Fsp3) is 0.278. The molecule has 0 amide bonds. The molecule has 156 valence electrons. The fourth-order valence-electron chi connectivity index (χ4n) is 3.05. The molecule has 29 heavy (non-hydrogen) atoms. The highest BCUT2D eigenvalue weighted by atomic mass is 79.9. The van der Waals surface area contributed by atoms with Crippen LogP contribution in [0.3, 0.4) is 0 Å². The summed E-state index contributed by atoms with van der Waals surface area (Å²) >= 11 is 9.33. The molecule has 2 aromatic carbocycles. The van der Waals surface area contributed by atoms with Gasteiger partial charge in [-0.15, -0.1) is 0 Å². The Bertz CT molecular complexity index is 932. The SMILES string of the molecule is OC(C1=NN(c2ccccc2Cl)C(c2cccc(Br)c2)C1)(C(F)(F)F)C(F)(F)F. The second kappa shape index (κ2) is 7.48. The van der Waals surface area contributed by atoms with Gasteiger partial charge in [-0.25, -0.2) is 0 Å². The summed E-state index contributed by atoms with van der Waals surface area (Å²) in [7, 11) is 0. The van der Waals surface area contributed by atoms with Crippen LogP contribution in [-0.4, -0.2) is 28.8 Å². The molecule has 11 heteroatoms. The molecule has 0 spiro atoms. The number of aliphatic hydroxyl groups is 1. The predicted octanol–water partition coefficient (Wildman–Crippen LogP) is 6.27. The number of benzene rings is 2. The Labute approximate surface area is 174 Å². The molecule has 0 aliphatic carbocycles. The van der Waals surface area contributed by atoms with Crippen molar-refractivity contribution in [3.63, 3.8) is 0 Å². The number of rotatable bonds is 3. The minimum Gasteiger partial charge on any atom is -0.369 e. The van der Waals surface area contributed by atoms with E-state index in [1.807, 2.05) is 0 Å². The van der Waals surface area contributed by atoms with Gasteiger partial charge < -0.3 is 5.11 Å². The van der Waals surface area contributed by atoms with Crippen LogP contribution in [0.1, 0.15) is 18.0 Å². The Hall–Kier alpha value is -1.78. The van der Waals surface area contributed by atoms with Gasteiger partial charge in [-0.1, -0.05) is 51.8 Å². The van der Waals surface area contributed by atoms with E-state index in [1.54, 1.807) is 24.3 Å². The van der Waals surface area contributed by atoms with E-state index < -0.39 is 36.1 Å². The maximum Gasteiger partial charge on any atom is 0.431 e. The third kappa shape index (κ3) is 3.85. The maximum atomic E-state index is 13.4. The number of anilines is 1. The van der Waals surface area contributed by atoms with Crippen molar-refractivity contribution >= 4 is 38.9 Å². The van der Waals surface area contributed by atoms with Crippen molar-refractivity contribution in [2.75, 3.05) is 5.01 Å². The Morgan fingerprint density at radius 1 is 1.00 bits per heavy atom. The molecule has 0 saturated heterocycles. The molecule has 3 rings (SSSR count). The normalized spacial score (nSPS) is 18.2. The first-order chi connectivity index (χ1) is 13.4. The van der Waals surface area contributed by atoms with Gasteiger partial charge in [-0.05, 0) is 29.8 Å². The van der Waals surface area contributed by atoms with Crippen molar-refractivity contribution in [2.24, 2.45) is 5.10 Å². The van der Waals surface area contributed by atoms with Gasteiger partial charge in [-0.2, -0.15) is 31.4 Å². The zero-order valence-electron chi connectivity index (χ0n) is 14.3. The number of halogens is 8. The highest BCUT2D eigenvalue weighted by Crippen LogP contribution is 2.49. The molecule has 1 unspecified atom stereocenters. The van der Waals surface area contributed by atoms with Crippen molar-refractivity contribution in [2.45, 2.75) is 30.4 Å². The smallest absolute Gasteiger partial charge is 0.369 e. The van der Waals surface area contributed by atoms with Crippen LogP contribution in [0.25, 0.3) is 0 Å². The number of nitrogens with zero attached hydrogens (tertiary/aromatic N) is 2. The van der Waals surface area contributed by atoms with Crippen LogP contribution in [0.4, 0.5) is 32.0 Å². The van der Waals surface area contributed by atoms with E-state index in [9.17, 15) is 31.4 Å². The van der Waals surface area contributed by atoms with Crippen molar-refractivity contribution in [3.8, 4) is 0 Å². The van der Waals surface area contributed by atoms with E-state index in [-0.39, 0.29) is 10.7 Å². The lowest BCUT2D eigenvalue weighted by molar-refractivity contribution is -0.338. The third-order valence-corrected chi connectivity index (χ3v) is 5.29. The zero-order valence-corrected chi connectivity index (χ0v) is 16.6. The van der Waals surface area contributed by atoms with Crippen molar-refractivity contribution < 1.29 is 31.4 Å². The van der Waals surface area contributed by atoms with E-state index in [0.29, 0.717) is 10.0 Å². The van der Waals surface area contributed by atoms with Gasteiger partial charge in [0.05, 0.1) is 22.5 Å². The molecule has 0 saturated carbocycles. The Morgan fingerprint density at radius 2 is 1.62 bits per heavy atom. The van der Waals surface area contributed by atoms with Crippen LogP contribution >= 0.6 is 27.5 Å². The van der Waals surface area contributed by atoms with E-state index in [0.717, 1.165) is 5.01 Å². The van der Waals surface area contributed by atoms with E-state index in [4.69, 9.17) is 11.6 Å². The largest absolute Gasteiger partial charge is 0.431 e. The first kappa shape index (κ1) is 21.9. The minimum atomic E-state index is -6.01. The van der Waals surface area contributed by atoms with Crippen LogP contribution in [0.2, 0.25) is 5.02 Å². The van der Waals surface area contributed by atoms with Crippen LogP contribution in [-0.2, 0) is 0 Å². The molecule has 1 N–H and O–H groups in total. The number of hydrazone groups is 1. The molecule has 0 bridgehead atoms.